The summed E-state index contributed by atoms with van der Waals surface area (Å²) in [5, 5.41) is 10.3. The van der Waals surface area contributed by atoms with Gasteiger partial charge in [0.05, 0.1) is 10.1 Å². The van der Waals surface area contributed by atoms with E-state index < -0.39 is 0 Å². The highest BCUT2D eigenvalue weighted by Crippen LogP contribution is 2.29. The van der Waals surface area contributed by atoms with E-state index >= 15 is 0 Å². The standard InChI is InChI=1S/C15H20N4O2S2/c1-3-18-6-8-19(9-7-18)14(20)11(2)23-15-17-16-13(21-15)12-5-4-10-22-12/h4-5,10-11H,3,6-9H2,1-2H3. The van der Waals surface area contributed by atoms with Crippen molar-refractivity contribution in [1.82, 2.24) is 20.0 Å². The fourth-order valence-electron chi connectivity index (χ4n) is 2.50. The normalized spacial score (nSPS) is 17.4. The number of hydrogen-bond donors (Lipinski definition) is 0. The molecule has 3 rings (SSSR count). The van der Waals surface area contributed by atoms with Gasteiger partial charge < -0.3 is 14.2 Å². The van der Waals surface area contributed by atoms with Gasteiger partial charge in [-0.15, -0.1) is 21.5 Å². The predicted molar refractivity (Wildman–Crippen MR) is 91.6 cm³/mol. The molecule has 3 heterocycles. The lowest BCUT2D eigenvalue weighted by Gasteiger charge is -2.35. The third-order valence-electron chi connectivity index (χ3n) is 3.89. The number of rotatable bonds is 5. The number of piperazine rings is 1. The Morgan fingerprint density at radius 1 is 1.39 bits per heavy atom. The molecule has 0 aliphatic carbocycles. The number of likely N-dealkylation sites (N-methyl/N-ethyl adjacent to an activating group) is 1. The zero-order valence-electron chi connectivity index (χ0n) is 13.3. The van der Waals surface area contributed by atoms with E-state index in [0.717, 1.165) is 37.6 Å². The van der Waals surface area contributed by atoms with Gasteiger partial charge in [-0.05, 0) is 24.9 Å². The van der Waals surface area contributed by atoms with Crippen LogP contribution in [0.15, 0.2) is 27.2 Å². The Morgan fingerprint density at radius 3 is 2.83 bits per heavy atom. The Kier molecular flexibility index (Phi) is 5.34. The summed E-state index contributed by atoms with van der Waals surface area (Å²) in [5.41, 5.74) is 0. The molecule has 1 aliphatic heterocycles. The topological polar surface area (TPSA) is 62.5 Å². The third kappa shape index (κ3) is 3.94. The van der Waals surface area contributed by atoms with Crippen LogP contribution < -0.4 is 0 Å². The Balaban J connectivity index is 1.56. The minimum atomic E-state index is -0.222. The summed E-state index contributed by atoms with van der Waals surface area (Å²) in [5.74, 6) is 0.653. The van der Waals surface area contributed by atoms with Gasteiger partial charge in [0, 0.05) is 26.2 Å². The molecule has 0 aromatic carbocycles. The van der Waals surface area contributed by atoms with Gasteiger partial charge in [0.1, 0.15) is 0 Å². The predicted octanol–water partition coefficient (Wildman–Crippen LogP) is 2.44. The Morgan fingerprint density at radius 2 is 2.17 bits per heavy atom. The summed E-state index contributed by atoms with van der Waals surface area (Å²) in [6.45, 7) is 8.57. The van der Waals surface area contributed by atoms with Crippen molar-refractivity contribution in [3.63, 3.8) is 0 Å². The van der Waals surface area contributed by atoms with Crippen LogP contribution in [0.2, 0.25) is 0 Å². The molecule has 1 saturated heterocycles. The van der Waals surface area contributed by atoms with Gasteiger partial charge >= 0.3 is 0 Å². The average molecular weight is 352 g/mol. The summed E-state index contributed by atoms with van der Waals surface area (Å²) in [4.78, 5) is 17.8. The molecule has 0 N–H and O–H groups in total. The molecule has 1 fully saturated rings. The Labute approximate surface area is 143 Å². The van der Waals surface area contributed by atoms with Crippen LogP contribution in [0.5, 0.6) is 0 Å². The van der Waals surface area contributed by atoms with E-state index in [1.165, 1.54) is 11.8 Å². The van der Waals surface area contributed by atoms with Crippen LogP contribution in [0.25, 0.3) is 10.8 Å². The zero-order valence-corrected chi connectivity index (χ0v) is 14.9. The van der Waals surface area contributed by atoms with E-state index in [1.807, 2.05) is 29.3 Å². The lowest BCUT2D eigenvalue weighted by molar-refractivity contribution is -0.132. The number of thiophene rings is 1. The molecule has 0 radical (unpaired) electrons. The summed E-state index contributed by atoms with van der Waals surface area (Å²) in [7, 11) is 0. The van der Waals surface area contributed by atoms with E-state index in [0.29, 0.717) is 11.1 Å². The molecule has 0 saturated carbocycles. The molecule has 0 spiro atoms. The van der Waals surface area contributed by atoms with Crippen molar-refractivity contribution in [2.45, 2.75) is 24.3 Å². The second-order valence-corrected chi connectivity index (χ2v) is 7.61. The number of nitrogens with zero attached hydrogens (tertiary/aromatic N) is 4. The SMILES string of the molecule is CCN1CCN(C(=O)C(C)Sc2nnc(-c3cccs3)o2)CC1. The van der Waals surface area contributed by atoms with Crippen molar-refractivity contribution < 1.29 is 9.21 Å². The Bertz CT molecular complexity index is 636. The summed E-state index contributed by atoms with van der Waals surface area (Å²) in [6.07, 6.45) is 0. The molecular formula is C15H20N4O2S2. The van der Waals surface area contributed by atoms with E-state index in [1.54, 1.807) is 11.3 Å². The van der Waals surface area contributed by atoms with E-state index in [2.05, 4.69) is 22.0 Å². The monoisotopic (exact) mass is 352 g/mol. The Hall–Kier alpha value is -1.38. The molecular weight excluding hydrogens is 332 g/mol. The van der Waals surface area contributed by atoms with Crippen molar-refractivity contribution >= 4 is 29.0 Å². The van der Waals surface area contributed by atoms with Gasteiger partial charge in [-0.3, -0.25) is 4.79 Å². The molecule has 8 heteroatoms. The lowest BCUT2D eigenvalue weighted by atomic mass is 10.3. The minimum absolute atomic E-state index is 0.140. The van der Waals surface area contributed by atoms with E-state index in [-0.39, 0.29) is 11.2 Å². The van der Waals surface area contributed by atoms with E-state index in [9.17, 15) is 4.79 Å². The first-order chi connectivity index (χ1) is 11.2. The summed E-state index contributed by atoms with van der Waals surface area (Å²) >= 11 is 2.88. The summed E-state index contributed by atoms with van der Waals surface area (Å²) < 4.78 is 5.64. The molecule has 2 aromatic heterocycles. The van der Waals surface area contributed by atoms with Crippen molar-refractivity contribution in [2.75, 3.05) is 32.7 Å². The molecule has 0 bridgehead atoms. The molecule has 1 unspecified atom stereocenters. The highest BCUT2D eigenvalue weighted by atomic mass is 32.2. The highest BCUT2D eigenvalue weighted by Gasteiger charge is 2.26. The van der Waals surface area contributed by atoms with Crippen molar-refractivity contribution in [2.24, 2.45) is 0 Å². The maximum atomic E-state index is 12.5. The first kappa shape index (κ1) is 16.5. The van der Waals surface area contributed by atoms with E-state index in [4.69, 9.17) is 4.42 Å². The maximum absolute atomic E-state index is 12.5. The zero-order chi connectivity index (χ0) is 16.2. The quantitative estimate of drug-likeness (QED) is 0.770. The van der Waals surface area contributed by atoms with Crippen LogP contribution in [0, 0.1) is 0 Å². The molecule has 1 atom stereocenters. The number of carbonyl (C=O) groups is 1. The van der Waals surface area contributed by atoms with Crippen molar-refractivity contribution in [3.05, 3.63) is 17.5 Å². The molecule has 124 valence electrons. The molecule has 2 aromatic rings. The van der Waals surface area contributed by atoms with Gasteiger partial charge in [0.25, 0.3) is 11.1 Å². The number of hydrogen-bond acceptors (Lipinski definition) is 7. The van der Waals surface area contributed by atoms with Crippen molar-refractivity contribution in [3.8, 4) is 10.8 Å². The van der Waals surface area contributed by atoms with Gasteiger partial charge in [-0.25, -0.2) is 0 Å². The van der Waals surface area contributed by atoms with Gasteiger partial charge in [-0.1, -0.05) is 24.8 Å². The fourth-order valence-corrected chi connectivity index (χ4v) is 3.91. The number of amides is 1. The van der Waals surface area contributed by atoms with Crippen LogP contribution in [0.3, 0.4) is 0 Å². The van der Waals surface area contributed by atoms with Crippen molar-refractivity contribution in [1.29, 1.82) is 0 Å². The molecule has 1 aliphatic rings. The maximum Gasteiger partial charge on any atom is 0.277 e. The highest BCUT2D eigenvalue weighted by molar-refractivity contribution is 8.00. The number of thioether (sulfide) groups is 1. The van der Waals surface area contributed by atoms with Gasteiger partial charge in [0.15, 0.2) is 0 Å². The molecule has 1 amide bonds. The molecule has 6 nitrogen and oxygen atoms in total. The number of carbonyl (C=O) groups excluding carboxylic acids is 1. The third-order valence-corrected chi connectivity index (χ3v) is 5.67. The largest absolute Gasteiger partial charge is 0.410 e. The minimum Gasteiger partial charge on any atom is -0.410 e. The van der Waals surface area contributed by atoms with Crippen LogP contribution in [-0.4, -0.2) is 63.9 Å². The van der Waals surface area contributed by atoms with Crippen LogP contribution in [0.1, 0.15) is 13.8 Å². The smallest absolute Gasteiger partial charge is 0.277 e. The van der Waals surface area contributed by atoms with Crippen LogP contribution in [0.4, 0.5) is 0 Å². The van der Waals surface area contributed by atoms with Crippen LogP contribution in [-0.2, 0) is 4.79 Å². The number of aromatic nitrogens is 2. The lowest BCUT2D eigenvalue weighted by Crippen LogP contribution is -2.50. The fraction of sp³-hybridized carbons (Fsp3) is 0.533. The first-order valence-electron chi connectivity index (χ1n) is 7.72. The van der Waals surface area contributed by atoms with Gasteiger partial charge in [0.2, 0.25) is 5.91 Å². The average Bonchev–Trinajstić information content (AvgIpc) is 3.25. The van der Waals surface area contributed by atoms with Gasteiger partial charge in [-0.2, -0.15) is 0 Å². The second kappa shape index (κ2) is 7.46. The summed E-state index contributed by atoms with van der Waals surface area (Å²) in [6, 6.07) is 3.88. The first-order valence-corrected chi connectivity index (χ1v) is 9.48. The second-order valence-electron chi connectivity index (χ2n) is 5.37. The van der Waals surface area contributed by atoms with Crippen LogP contribution >= 0.6 is 23.1 Å². The molecule has 23 heavy (non-hydrogen) atoms.